The number of hydrogen-bond donors (Lipinski definition) is 1. The summed E-state index contributed by atoms with van der Waals surface area (Å²) >= 11 is 3.48. The zero-order chi connectivity index (χ0) is 18.8. The van der Waals surface area contributed by atoms with Crippen molar-refractivity contribution in [3.05, 3.63) is 81.5 Å². The molecule has 0 fully saturated rings. The third kappa shape index (κ3) is 3.48. The molecule has 1 aliphatic rings. The molecular formula is C19H16BrN5O2. The van der Waals surface area contributed by atoms with Gasteiger partial charge in [-0.3, -0.25) is 0 Å². The predicted molar refractivity (Wildman–Crippen MR) is 103 cm³/mol. The summed E-state index contributed by atoms with van der Waals surface area (Å²) in [5.41, 5.74) is 2.95. The number of allylic oxidation sites excluding steroid dienone is 1. The molecule has 0 amide bonds. The van der Waals surface area contributed by atoms with E-state index < -0.39 is 12.0 Å². The number of nitrogens with zero attached hydrogens (tertiary/aromatic N) is 4. The Morgan fingerprint density at radius 1 is 1.22 bits per heavy atom. The fourth-order valence-electron chi connectivity index (χ4n) is 3.06. The summed E-state index contributed by atoms with van der Waals surface area (Å²) < 4.78 is 8.08. The lowest BCUT2D eigenvalue weighted by atomic mass is 9.96. The molecule has 0 aliphatic carbocycles. The number of tetrazole rings is 1. The number of hydrogen-bond acceptors (Lipinski definition) is 6. The second-order valence-electron chi connectivity index (χ2n) is 6.13. The van der Waals surface area contributed by atoms with Crippen LogP contribution in [0, 0.1) is 0 Å². The molecule has 2 heterocycles. The molecule has 3 aromatic rings. The Morgan fingerprint density at radius 3 is 2.81 bits per heavy atom. The lowest BCUT2D eigenvalue weighted by molar-refractivity contribution is -0.140. The number of carbonyl (C=O) groups excluding carboxylic acids is 1. The average Bonchev–Trinajstić information content (AvgIpc) is 3.13. The van der Waals surface area contributed by atoms with Gasteiger partial charge in [0.05, 0.1) is 5.57 Å². The molecule has 136 valence electrons. The van der Waals surface area contributed by atoms with E-state index in [1.54, 1.807) is 4.68 Å². The standard InChI is InChI=1S/C19H16BrN5O2/c1-12-16(18(26)27-11-13-6-3-2-4-7-13)17(14-8-5-9-15(20)10-14)25-19(21-12)22-23-24-25/h2-10,17H,11H2,1H3,(H,21,22,24). The largest absolute Gasteiger partial charge is 0.457 e. The second-order valence-corrected chi connectivity index (χ2v) is 7.05. The minimum absolute atomic E-state index is 0.199. The molecule has 0 saturated carbocycles. The highest BCUT2D eigenvalue weighted by molar-refractivity contribution is 9.10. The first kappa shape index (κ1) is 17.4. The highest BCUT2D eigenvalue weighted by Crippen LogP contribution is 2.35. The number of benzene rings is 2. The van der Waals surface area contributed by atoms with Crippen molar-refractivity contribution < 1.29 is 9.53 Å². The van der Waals surface area contributed by atoms with E-state index in [1.165, 1.54) is 0 Å². The third-order valence-electron chi connectivity index (χ3n) is 4.31. The molecule has 0 radical (unpaired) electrons. The van der Waals surface area contributed by atoms with Crippen molar-refractivity contribution in [3.63, 3.8) is 0 Å². The summed E-state index contributed by atoms with van der Waals surface area (Å²) in [5, 5.41) is 14.9. The lowest BCUT2D eigenvalue weighted by Crippen LogP contribution is -2.29. The maximum atomic E-state index is 13.0. The Hall–Kier alpha value is -3.00. The number of ether oxygens (including phenoxy) is 1. The molecule has 0 spiro atoms. The smallest absolute Gasteiger partial charge is 0.338 e. The Kier molecular flexibility index (Phi) is 4.72. The summed E-state index contributed by atoms with van der Waals surface area (Å²) in [6, 6.07) is 16.8. The Balaban J connectivity index is 1.69. The molecule has 7 nitrogen and oxygen atoms in total. The molecular weight excluding hydrogens is 410 g/mol. The van der Waals surface area contributed by atoms with Crippen LogP contribution in [0.3, 0.4) is 0 Å². The molecule has 1 aromatic heterocycles. The van der Waals surface area contributed by atoms with Gasteiger partial charge in [-0.25, -0.2) is 4.79 Å². The van der Waals surface area contributed by atoms with Crippen molar-refractivity contribution >= 4 is 27.8 Å². The maximum Gasteiger partial charge on any atom is 0.338 e. The van der Waals surface area contributed by atoms with E-state index in [0.717, 1.165) is 15.6 Å². The Morgan fingerprint density at radius 2 is 2.04 bits per heavy atom. The van der Waals surface area contributed by atoms with Gasteiger partial charge in [0.2, 0.25) is 5.95 Å². The molecule has 1 aliphatic heterocycles. The molecule has 8 heteroatoms. The molecule has 1 atom stereocenters. The highest BCUT2D eigenvalue weighted by atomic mass is 79.9. The van der Waals surface area contributed by atoms with Crippen LogP contribution in [0.2, 0.25) is 0 Å². The monoisotopic (exact) mass is 425 g/mol. The topological polar surface area (TPSA) is 81.9 Å². The molecule has 2 aromatic carbocycles. The zero-order valence-electron chi connectivity index (χ0n) is 14.5. The summed E-state index contributed by atoms with van der Waals surface area (Å²) in [5.74, 6) is 0.0760. The van der Waals surface area contributed by atoms with Crippen molar-refractivity contribution in [1.82, 2.24) is 20.2 Å². The van der Waals surface area contributed by atoms with Crippen LogP contribution < -0.4 is 5.32 Å². The van der Waals surface area contributed by atoms with Crippen LogP contribution in [0.4, 0.5) is 5.95 Å². The Bertz CT molecular complexity index is 1020. The zero-order valence-corrected chi connectivity index (χ0v) is 16.0. The fraction of sp³-hybridized carbons (Fsp3) is 0.158. The van der Waals surface area contributed by atoms with Gasteiger partial charge in [-0.15, -0.1) is 0 Å². The van der Waals surface area contributed by atoms with Gasteiger partial charge >= 0.3 is 5.97 Å². The van der Waals surface area contributed by atoms with Gasteiger partial charge in [-0.1, -0.05) is 63.5 Å². The average molecular weight is 426 g/mol. The van der Waals surface area contributed by atoms with Gasteiger partial charge in [-0.05, 0) is 40.6 Å². The Labute approximate surface area is 164 Å². The van der Waals surface area contributed by atoms with Gasteiger partial charge in [0.1, 0.15) is 12.6 Å². The van der Waals surface area contributed by atoms with E-state index in [0.29, 0.717) is 17.2 Å². The van der Waals surface area contributed by atoms with Crippen LogP contribution in [-0.2, 0) is 16.1 Å². The summed E-state index contributed by atoms with van der Waals surface area (Å²) in [7, 11) is 0. The second kappa shape index (κ2) is 7.32. The minimum Gasteiger partial charge on any atom is -0.457 e. The summed E-state index contributed by atoms with van der Waals surface area (Å²) in [4.78, 5) is 13.0. The minimum atomic E-state index is -0.475. The first-order chi connectivity index (χ1) is 13.1. The summed E-state index contributed by atoms with van der Waals surface area (Å²) in [6.45, 7) is 2.02. The van der Waals surface area contributed by atoms with Crippen LogP contribution in [-0.4, -0.2) is 26.2 Å². The molecule has 1 unspecified atom stereocenters. The number of nitrogens with one attached hydrogen (secondary N) is 1. The first-order valence-electron chi connectivity index (χ1n) is 8.35. The van der Waals surface area contributed by atoms with Gasteiger partial charge in [0.15, 0.2) is 0 Å². The van der Waals surface area contributed by atoms with E-state index in [9.17, 15) is 4.79 Å². The number of aromatic nitrogens is 4. The van der Waals surface area contributed by atoms with Crippen LogP contribution in [0.1, 0.15) is 24.1 Å². The number of carbonyl (C=O) groups is 1. The number of halogens is 1. The number of anilines is 1. The quantitative estimate of drug-likeness (QED) is 0.644. The number of esters is 1. The summed E-state index contributed by atoms with van der Waals surface area (Å²) in [6.07, 6.45) is 0. The van der Waals surface area contributed by atoms with E-state index in [4.69, 9.17) is 4.74 Å². The maximum absolute atomic E-state index is 13.0. The van der Waals surface area contributed by atoms with Crippen molar-refractivity contribution in [3.8, 4) is 0 Å². The molecule has 4 rings (SSSR count). The van der Waals surface area contributed by atoms with Crippen LogP contribution in [0.15, 0.2) is 70.3 Å². The van der Waals surface area contributed by atoms with Gasteiger partial charge in [0.25, 0.3) is 0 Å². The van der Waals surface area contributed by atoms with Gasteiger partial charge in [0, 0.05) is 10.2 Å². The highest BCUT2D eigenvalue weighted by Gasteiger charge is 2.35. The van der Waals surface area contributed by atoms with Gasteiger partial charge < -0.3 is 10.1 Å². The van der Waals surface area contributed by atoms with Crippen LogP contribution >= 0.6 is 15.9 Å². The molecule has 0 bridgehead atoms. The predicted octanol–water partition coefficient (Wildman–Crippen LogP) is 3.47. The van der Waals surface area contributed by atoms with E-state index in [-0.39, 0.29) is 6.61 Å². The lowest BCUT2D eigenvalue weighted by Gasteiger charge is -2.27. The van der Waals surface area contributed by atoms with Crippen LogP contribution in [0.25, 0.3) is 0 Å². The van der Waals surface area contributed by atoms with Crippen molar-refractivity contribution in [2.75, 3.05) is 5.32 Å². The third-order valence-corrected chi connectivity index (χ3v) is 4.80. The normalized spacial score (nSPS) is 15.9. The van der Waals surface area contributed by atoms with E-state index in [2.05, 4.69) is 36.8 Å². The van der Waals surface area contributed by atoms with Gasteiger partial charge in [-0.2, -0.15) is 4.68 Å². The number of rotatable bonds is 4. The SMILES string of the molecule is CC1=C(C(=O)OCc2ccccc2)C(c2cccc(Br)c2)n2nnnc2N1. The molecule has 27 heavy (non-hydrogen) atoms. The van der Waals surface area contributed by atoms with Crippen molar-refractivity contribution in [1.29, 1.82) is 0 Å². The fourth-order valence-corrected chi connectivity index (χ4v) is 3.48. The van der Waals surface area contributed by atoms with Crippen molar-refractivity contribution in [2.45, 2.75) is 19.6 Å². The van der Waals surface area contributed by atoms with E-state index in [1.807, 2.05) is 61.5 Å². The molecule has 0 saturated heterocycles. The molecule has 1 N–H and O–H groups in total. The van der Waals surface area contributed by atoms with E-state index >= 15 is 0 Å². The van der Waals surface area contributed by atoms with Crippen molar-refractivity contribution in [2.24, 2.45) is 0 Å². The first-order valence-corrected chi connectivity index (χ1v) is 9.15. The number of fused-ring (bicyclic) bond motifs is 1. The van der Waals surface area contributed by atoms with Crippen LogP contribution in [0.5, 0.6) is 0 Å².